The first-order chi connectivity index (χ1) is 7.45. The van der Waals surface area contributed by atoms with E-state index in [4.69, 9.17) is 5.73 Å². The summed E-state index contributed by atoms with van der Waals surface area (Å²) in [7, 11) is 0. The Morgan fingerprint density at radius 3 is 2.75 bits per heavy atom. The summed E-state index contributed by atoms with van der Waals surface area (Å²) in [5.41, 5.74) is 8.77. The first kappa shape index (κ1) is 10.9. The average Bonchev–Trinajstić information content (AvgIpc) is 2.53. The molecule has 0 saturated heterocycles. The third kappa shape index (κ3) is 1.54. The van der Waals surface area contributed by atoms with Gasteiger partial charge in [-0.25, -0.2) is 9.97 Å². The lowest BCUT2D eigenvalue weighted by atomic mass is 10.0. The van der Waals surface area contributed by atoms with Crippen LogP contribution in [0.4, 0.5) is 5.95 Å². The molecule has 16 heavy (non-hydrogen) atoms. The van der Waals surface area contributed by atoms with Gasteiger partial charge in [0.25, 0.3) is 0 Å². The smallest absolute Gasteiger partial charge is 0.202 e. The maximum atomic E-state index is 5.98. The van der Waals surface area contributed by atoms with Crippen molar-refractivity contribution in [2.75, 3.05) is 5.73 Å². The van der Waals surface area contributed by atoms with Crippen molar-refractivity contribution in [1.82, 2.24) is 14.5 Å². The number of hydrogen-bond acceptors (Lipinski definition) is 3. The van der Waals surface area contributed by atoms with Gasteiger partial charge >= 0.3 is 0 Å². The molecule has 0 aliphatic heterocycles. The Bertz CT molecular complexity index is 525. The molecule has 4 nitrogen and oxygen atoms in total. The number of fused-ring (bicyclic) bond motifs is 1. The normalized spacial score (nSPS) is 12.2. The molecule has 2 N–H and O–H groups in total. The van der Waals surface area contributed by atoms with Crippen molar-refractivity contribution in [3.05, 3.63) is 17.8 Å². The Morgan fingerprint density at radius 2 is 2.12 bits per heavy atom. The van der Waals surface area contributed by atoms with Crippen LogP contribution >= 0.6 is 0 Å². The maximum Gasteiger partial charge on any atom is 0.202 e. The fourth-order valence-corrected chi connectivity index (χ4v) is 1.84. The van der Waals surface area contributed by atoms with Gasteiger partial charge < -0.3 is 5.73 Å². The molecule has 0 spiro atoms. The molecule has 0 aliphatic rings. The lowest BCUT2D eigenvalue weighted by molar-refractivity contribution is 0.355. The van der Waals surface area contributed by atoms with Crippen molar-refractivity contribution in [1.29, 1.82) is 0 Å². The van der Waals surface area contributed by atoms with E-state index >= 15 is 0 Å². The van der Waals surface area contributed by atoms with Gasteiger partial charge in [0.05, 0.1) is 0 Å². The largest absolute Gasteiger partial charge is 0.369 e. The van der Waals surface area contributed by atoms with Crippen LogP contribution in [0.25, 0.3) is 11.2 Å². The van der Waals surface area contributed by atoms with Crippen molar-refractivity contribution >= 4 is 17.1 Å². The molecule has 86 valence electrons. The monoisotopic (exact) mass is 218 g/mol. The zero-order valence-corrected chi connectivity index (χ0v) is 10.3. The van der Waals surface area contributed by atoms with Gasteiger partial charge in [0.15, 0.2) is 5.65 Å². The zero-order valence-electron chi connectivity index (χ0n) is 10.3. The van der Waals surface area contributed by atoms with E-state index in [1.807, 2.05) is 23.8 Å². The highest BCUT2D eigenvalue weighted by Gasteiger charge is 2.23. The highest BCUT2D eigenvalue weighted by Crippen LogP contribution is 2.28. The number of nitrogen functional groups attached to an aromatic ring is 1. The fourth-order valence-electron chi connectivity index (χ4n) is 1.84. The molecule has 2 aromatic rings. The number of nitrogens with two attached hydrogens (primary N) is 1. The summed E-state index contributed by atoms with van der Waals surface area (Å²) in [5, 5.41) is 0. The molecular weight excluding hydrogens is 200 g/mol. The maximum absolute atomic E-state index is 5.98. The quantitative estimate of drug-likeness (QED) is 0.842. The summed E-state index contributed by atoms with van der Waals surface area (Å²) in [5.74, 6) is 0.542. The van der Waals surface area contributed by atoms with Crippen LogP contribution in [0.5, 0.6) is 0 Å². The van der Waals surface area contributed by atoms with Crippen LogP contribution in [0.15, 0.2) is 12.3 Å². The van der Waals surface area contributed by atoms with Crippen molar-refractivity contribution in [3.63, 3.8) is 0 Å². The van der Waals surface area contributed by atoms with Gasteiger partial charge in [-0.1, -0.05) is 6.92 Å². The molecule has 0 saturated carbocycles. The number of aryl methyl sites for hydroxylation is 1. The summed E-state index contributed by atoms with van der Waals surface area (Å²) >= 11 is 0. The molecule has 2 rings (SSSR count). The number of anilines is 1. The van der Waals surface area contributed by atoms with E-state index in [2.05, 4.69) is 30.7 Å². The first-order valence-electron chi connectivity index (χ1n) is 5.57. The Morgan fingerprint density at radius 1 is 1.44 bits per heavy atom. The number of hydrogen-bond donors (Lipinski definition) is 1. The molecule has 2 heterocycles. The second kappa shape index (κ2) is 3.47. The standard InChI is InChI=1S/C12H18N4/c1-5-12(3,4)16-10-9(15-11(16)13)6-8(2)7-14-10/h6-7H,5H2,1-4H3,(H2,13,15). The van der Waals surface area contributed by atoms with Crippen LogP contribution in [-0.4, -0.2) is 14.5 Å². The van der Waals surface area contributed by atoms with Crippen molar-refractivity contribution < 1.29 is 0 Å². The van der Waals surface area contributed by atoms with Gasteiger partial charge in [-0.2, -0.15) is 0 Å². The summed E-state index contributed by atoms with van der Waals surface area (Å²) in [4.78, 5) is 8.80. The fraction of sp³-hybridized carbons (Fsp3) is 0.500. The van der Waals surface area contributed by atoms with Crippen molar-refractivity contribution in [3.8, 4) is 0 Å². The predicted octanol–water partition coefficient (Wildman–Crippen LogP) is 2.47. The second-order valence-electron chi connectivity index (χ2n) is 4.83. The van der Waals surface area contributed by atoms with Crippen molar-refractivity contribution in [2.45, 2.75) is 39.7 Å². The molecule has 4 heteroatoms. The zero-order chi connectivity index (χ0) is 11.9. The van der Waals surface area contributed by atoms with Crippen LogP contribution in [0, 0.1) is 6.92 Å². The molecular formula is C12H18N4. The topological polar surface area (TPSA) is 56.7 Å². The van der Waals surface area contributed by atoms with Crippen LogP contribution in [0.1, 0.15) is 32.8 Å². The van der Waals surface area contributed by atoms with Crippen LogP contribution < -0.4 is 5.73 Å². The Balaban J connectivity index is 2.74. The molecule has 0 amide bonds. The number of nitrogens with zero attached hydrogens (tertiary/aromatic N) is 3. The van der Waals surface area contributed by atoms with Crippen LogP contribution in [0.3, 0.4) is 0 Å². The van der Waals surface area contributed by atoms with E-state index in [0.29, 0.717) is 5.95 Å². The van der Waals surface area contributed by atoms with E-state index in [1.165, 1.54) is 0 Å². The lowest BCUT2D eigenvalue weighted by Crippen LogP contribution is -2.26. The minimum Gasteiger partial charge on any atom is -0.369 e. The van der Waals surface area contributed by atoms with E-state index in [9.17, 15) is 0 Å². The molecule has 0 unspecified atom stereocenters. The number of rotatable bonds is 2. The van der Waals surface area contributed by atoms with E-state index < -0.39 is 0 Å². The molecule has 0 aliphatic carbocycles. The summed E-state index contributed by atoms with van der Waals surface area (Å²) < 4.78 is 2.02. The molecule has 0 fully saturated rings. The molecule has 0 aromatic carbocycles. The minimum absolute atomic E-state index is 0.0545. The summed E-state index contributed by atoms with van der Waals surface area (Å²) in [6.07, 6.45) is 2.84. The SMILES string of the molecule is CCC(C)(C)n1c(N)nc2cc(C)cnc21. The van der Waals surface area contributed by atoms with Crippen molar-refractivity contribution in [2.24, 2.45) is 0 Å². The minimum atomic E-state index is -0.0545. The Kier molecular flexibility index (Phi) is 2.37. The van der Waals surface area contributed by atoms with Gasteiger partial charge in [-0.3, -0.25) is 4.57 Å². The molecule has 2 aromatic heterocycles. The van der Waals surface area contributed by atoms with Gasteiger partial charge in [-0.05, 0) is 38.8 Å². The predicted molar refractivity (Wildman–Crippen MR) is 66.3 cm³/mol. The average molecular weight is 218 g/mol. The Hall–Kier alpha value is -1.58. The number of aromatic nitrogens is 3. The summed E-state index contributed by atoms with van der Waals surface area (Å²) in [6.45, 7) is 8.43. The molecule has 0 atom stereocenters. The third-order valence-corrected chi connectivity index (χ3v) is 3.13. The number of imidazole rings is 1. The van der Waals surface area contributed by atoms with E-state index in [1.54, 1.807) is 0 Å². The van der Waals surface area contributed by atoms with Gasteiger partial charge in [-0.15, -0.1) is 0 Å². The highest BCUT2D eigenvalue weighted by atomic mass is 15.2. The van der Waals surface area contributed by atoms with Gasteiger partial charge in [0, 0.05) is 11.7 Å². The van der Waals surface area contributed by atoms with Gasteiger partial charge in [0.2, 0.25) is 5.95 Å². The summed E-state index contributed by atoms with van der Waals surface area (Å²) in [6, 6.07) is 2.01. The number of pyridine rings is 1. The lowest BCUT2D eigenvalue weighted by Gasteiger charge is -2.26. The van der Waals surface area contributed by atoms with Gasteiger partial charge in [0.1, 0.15) is 5.52 Å². The molecule has 0 radical (unpaired) electrons. The van der Waals surface area contributed by atoms with E-state index in [-0.39, 0.29) is 5.54 Å². The Labute approximate surface area is 95.5 Å². The molecule has 0 bridgehead atoms. The third-order valence-electron chi connectivity index (χ3n) is 3.13. The van der Waals surface area contributed by atoms with Crippen LogP contribution in [-0.2, 0) is 5.54 Å². The first-order valence-corrected chi connectivity index (χ1v) is 5.57. The van der Waals surface area contributed by atoms with Crippen LogP contribution in [0.2, 0.25) is 0 Å². The second-order valence-corrected chi connectivity index (χ2v) is 4.83. The van der Waals surface area contributed by atoms with E-state index in [0.717, 1.165) is 23.1 Å². The highest BCUT2D eigenvalue weighted by molar-refractivity contribution is 5.75.